The Balaban J connectivity index is 2.17. The highest BCUT2D eigenvalue weighted by Crippen LogP contribution is 2.26. The number of rotatable bonds is 2. The third-order valence-electron chi connectivity index (χ3n) is 3.70. The molecule has 2 atom stereocenters. The zero-order chi connectivity index (χ0) is 12.6. The first-order valence-electron chi connectivity index (χ1n) is 6.12. The summed E-state index contributed by atoms with van der Waals surface area (Å²) in [5.41, 5.74) is 7.68. The lowest BCUT2D eigenvalue weighted by atomic mass is 10.1. The zero-order valence-corrected chi connectivity index (χ0v) is 11.1. The maximum atomic E-state index is 5.80. The highest BCUT2D eigenvalue weighted by atomic mass is 15.3. The summed E-state index contributed by atoms with van der Waals surface area (Å²) in [6.07, 6.45) is 1.76. The molecular weight excluding hydrogens is 212 g/mol. The van der Waals surface area contributed by atoms with Crippen LogP contribution < -0.4 is 10.6 Å². The first-order valence-corrected chi connectivity index (χ1v) is 6.12. The van der Waals surface area contributed by atoms with Crippen molar-refractivity contribution >= 4 is 11.5 Å². The molecule has 1 aliphatic rings. The molecular formula is C13H22N4. The minimum Gasteiger partial charge on any atom is -0.397 e. The number of pyridine rings is 1. The quantitative estimate of drug-likeness (QED) is 0.839. The van der Waals surface area contributed by atoms with E-state index in [1.54, 1.807) is 6.20 Å². The van der Waals surface area contributed by atoms with Gasteiger partial charge in [0.2, 0.25) is 0 Å². The predicted molar refractivity (Wildman–Crippen MR) is 72.2 cm³/mol. The predicted octanol–water partition coefficient (Wildman–Crippen LogP) is 1.36. The van der Waals surface area contributed by atoms with Crippen molar-refractivity contribution in [2.75, 3.05) is 37.8 Å². The number of hydrogen-bond donors (Lipinski definition) is 1. The van der Waals surface area contributed by atoms with Crippen molar-refractivity contribution in [1.29, 1.82) is 0 Å². The molecule has 0 aromatic carbocycles. The molecule has 0 aliphatic carbocycles. The monoisotopic (exact) mass is 234 g/mol. The summed E-state index contributed by atoms with van der Waals surface area (Å²) in [5, 5.41) is 0. The van der Waals surface area contributed by atoms with Crippen molar-refractivity contribution in [3.8, 4) is 0 Å². The number of nitrogens with zero attached hydrogens (tertiary/aromatic N) is 3. The molecule has 17 heavy (non-hydrogen) atoms. The minimum atomic E-state index is 0.606. The van der Waals surface area contributed by atoms with E-state index in [1.807, 2.05) is 6.92 Å². The van der Waals surface area contributed by atoms with Crippen LogP contribution in [0.25, 0.3) is 0 Å². The Labute approximate surface area is 103 Å². The van der Waals surface area contributed by atoms with Crippen molar-refractivity contribution in [3.05, 3.63) is 17.8 Å². The second-order valence-electron chi connectivity index (χ2n) is 5.31. The van der Waals surface area contributed by atoms with Gasteiger partial charge in [-0.1, -0.05) is 6.92 Å². The van der Waals surface area contributed by atoms with Gasteiger partial charge >= 0.3 is 0 Å². The molecule has 1 aliphatic heterocycles. The van der Waals surface area contributed by atoms with Gasteiger partial charge < -0.3 is 15.5 Å². The summed E-state index contributed by atoms with van der Waals surface area (Å²) < 4.78 is 0. The number of likely N-dealkylation sites (N-methyl/N-ethyl adjacent to an activating group) is 1. The van der Waals surface area contributed by atoms with Gasteiger partial charge in [0, 0.05) is 19.1 Å². The van der Waals surface area contributed by atoms with Crippen molar-refractivity contribution in [2.24, 2.45) is 5.92 Å². The fourth-order valence-electron chi connectivity index (χ4n) is 2.53. The van der Waals surface area contributed by atoms with E-state index in [4.69, 9.17) is 5.73 Å². The van der Waals surface area contributed by atoms with Crippen LogP contribution in [0.2, 0.25) is 0 Å². The first kappa shape index (κ1) is 12.2. The van der Waals surface area contributed by atoms with Crippen LogP contribution in [0.15, 0.2) is 12.3 Å². The SMILES string of the molecule is Cc1cc(N2CC(C)C(N(C)C)C2)ncc1N. The molecule has 0 bridgehead atoms. The van der Waals surface area contributed by atoms with Crippen molar-refractivity contribution < 1.29 is 0 Å². The number of nitrogen functional groups attached to an aromatic ring is 1. The maximum absolute atomic E-state index is 5.80. The molecule has 2 N–H and O–H groups in total. The molecule has 1 fully saturated rings. The number of aromatic nitrogens is 1. The topological polar surface area (TPSA) is 45.4 Å². The highest BCUT2D eigenvalue weighted by molar-refractivity contribution is 5.52. The third kappa shape index (κ3) is 2.36. The zero-order valence-electron chi connectivity index (χ0n) is 11.1. The molecule has 0 saturated carbocycles. The van der Waals surface area contributed by atoms with E-state index < -0.39 is 0 Å². The Morgan fingerprint density at radius 1 is 1.41 bits per heavy atom. The molecule has 2 unspecified atom stereocenters. The fourth-order valence-corrected chi connectivity index (χ4v) is 2.53. The summed E-state index contributed by atoms with van der Waals surface area (Å²) in [4.78, 5) is 9.08. The second-order valence-corrected chi connectivity index (χ2v) is 5.31. The van der Waals surface area contributed by atoms with Gasteiger partial charge in [0.15, 0.2) is 0 Å². The van der Waals surface area contributed by atoms with Gasteiger partial charge in [-0.25, -0.2) is 4.98 Å². The minimum absolute atomic E-state index is 0.606. The van der Waals surface area contributed by atoms with Crippen LogP contribution in [0, 0.1) is 12.8 Å². The van der Waals surface area contributed by atoms with Crippen LogP contribution in [0.5, 0.6) is 0 Å². The molecule has 0 spiro atoms. The summed E-state index contributed by atoms with van der Waals surface area (Å²) >= 11 is 0. The Morgan fingerprint density at radius 3 is 2.65 bits per heavy atom. The average molecular weight is 234 g/mol. The van der Waals surface area contributed by atoms with Crippen LogP contribution in [0.3, 0.4) is 0 Å². The van der Waals surface area contributed by atoms with E-state index in [2.05, 4.69) is 41.9 Å². The van der Waals surface area contributed by atoms with Crippen LogP contribution in [-0.2, 0) is 0 Å². The fraction of sp³-hybridized carbons (Fsp3) is 0.615. The average Bonchev–Trinajstić information content (AvgIpc) is 2.64. The van der Waals surface area contributed by atoms with Crippen molar-refractivity contribution in [3.63, 3.8) is 0 Å². The largest absolute Gasteiger partial charge is 0.397 e. The van der Waals surface area contributed by atoms with Crippen LogP contribution in [0.1, 0.15) is 12.5 Å². The molecule has 0 amide bonds. The number of nitrogens with two attached hydrogens (primary N) is 1. The summed E-state index contributed by atoms with van der Waals surface area (Å²) in [6, 6.07) is 2.69. The first-order chi connectivity index (χ1) is 7.99. The summed E-state index contributed by atoms with van der Waals surface area (Å²) in [7, 11) is 4.29. The van der Waals surface area contributed by atoms with Gasteiger partial charge in [-0.2, -0.15) is 0 Å². The molecule has 0 radical (unpaired) electrons. The van der Waals surface area contributed by atoms with Gasteiger partial charge in [0.05, 0.1) is 11.9 Å². The van der Waals surface area contributed by atoms with Crippen LogP contribution in [0.4, 0.5) is 11.5 Å². The van der Waals surface area contributed by atoms with Crippen molar-refractivity contribution in [1.82, 2.24) is 9.88 Å². The highest BCUT2D eigenvalue weighted by Gasteiger charge is 2.31. The van der Waals surface area contributed by atoms with Gasteiger partial charge in [-0.05, 0) is 38.6 Å². The smallest absolute Gasteiger partial charge is 0.128 e. The Bertz CT molecular complexity index is 402. The van der Waals surface area contributed by atoms with E-state index in [-0.39, 0.29) is 0 Å². The molecule has 2 rings (SSSR count). The van der Waals surface area contributed by atoms with Crippen LogP contribution >= 0.6 is 0 Å². The van der Waals surface area contributed by atoms with E-state index in [0.717, 1.165) is 30.2 Å². The number of aryl methyl sites for hydroxylation is 1. The Kier molecular flexibility index (Phi) is 3.24. The third-order valence-corrected chi connectivity index (χ3v) is 3.70. The second kappa shape index (κ2) is 4.53. The van der Waals surface area contributed by atoms with E-state index in [9.17, 15) is 0 Å². The van der Waals surface area contributed by atoms with E-state index in [0.29, 0.717) is 12.0 Å². The van der Waals surface area contributed by atoms with Gasteiger partial charge in [0.25, 0.3) is 0 Å². The van der Waals surface area contributed by atoms with Crippen molar-refractivity contribution in [2.45, 2.75) is 19.9 Å². The van der Waals surface area contributed by atoms with Gasteiger partial charge in [-0.15, -0.1) is 0 Å². The van der Waals surface area contributed by atoms with Gasteiger partial charge in [-0.3, -0.25) is 0 Å². The molecule has 1 aromatic rings. The van der Waals surface area contributed by atoms with E-state index >= 15 is 0 Å². The Hall–Kier alpha value is -1.29. The molecule has 4 nitrogen and oxygen atoms in total. The van der Waals surface area contributed by atoms with E-state index in [1.165, 1.54) is 0 Å². The Morgan fingerprint density at radius 2 is 2.12 bits per heavy atom. The van der Waals surface area contributed by atoms with Crippen LogP contribution in [-0.4, -0.2) is 43.1 Å². The molecule has 94 valence electrons. The normalized spacial score (nSPS) is 24.6. The number of anilines is 2. The number of hydrogen-bond acceptors (Lipinski definition) is 4. The molecule has 1 aromatic heterocycles. The van der Waals surface area contributed by atoms with Gasteiger partial charge in [0.1, 0.15) is 5.82 Å². The molecule has 1 saturated heterocycles. The molecule has 2 heterocycles. The lowest BCUT2D eigenvalue weighted by molar-refractivity contribution is 0.266. The summed E-state index contributed by atoms with van der Waals surface area (Å²) in [5.74, 6) is 1.72. The lowest BCUT2D eigenvalue weighted by Gasteiger charge is -2.22. The lowest BCUT2D eigenvalue weighted by Crippen LogP contribution is -2.34. The summed E-state index contributed by atoms with van der Waals surface area (Å²) in [6.45, 7) is 6.45. The standard InChI is InChI=1S/C13H22N4/c1-9-5-13(15-6-11(9)14)17-7-10(2)12(8-17)16(3)4/h5-6,10,12H,7-8,14H2,1-4H3. The molecule has 4 heteroatoms. The maximum Gasteiger partial charge on any atom is 0.128 e.